The van der Waals surface area contributed by atoms with Gasteiger partial charge in [-0.05, 0) is 53.2 Å². The number of benzene rings is 3. The first-order valence-corrected chi connectivity index (χ1v) is 12.2. The zero-order valence-electron chi connectivity index (χ0n) is 18.8. The van der Waals surface area contributed by atoms with Gasteiger partial charge in [-0.3, -0.25) is 9.78 Å². The molecule has 172 valence electrons. The van der Waals surface area contributed by atoms with E-state index in [1.165, 1.54) is 16.3 Å². The molecule has 3 heterocycles. The first-order valence-electron chi connectivity index (χ1n) is 11.4. The summed E-state index contributed by atoms with van der Waals surface area (Å²) < 4.78 is 6.03. The lowest BCUT2D eigenvalue weighted by atomic mass is 10.0. The van der Waals surface area contributed by atoms with Crippen molar-refractivity contribution in [2.45, 2.75) is 13.1 Å². The Bertz CT molecular complexity index is 1500. The molecule has 0 saturated carbocycles. The number of amides is 1. The standard InChI is InChI=1S/C28H22N4O2S/c33-27(30-15-22-17-35-28(31-22)21-11-13-29-14-12-21)20-5-8-23(9-6-20)32-16-25-24-4-2-1-3-19(24)7-10-26(25)34-18-32/h1-14,17H,15-16,18H2,(H,30,33). The highest BCUT2D eigenvalue weighted by molar-refractivity contribution is 7.13. The van der Waals surface area contributed by atoms with E-state index in [0.29, 0.717) is 18.8 Å². The van der Waals surface area contributed by atoms with E-state index >= 15 is 0 Å². The van der Waals surface area contributed by atoms with Crippen LogP contribution < -0.4 is 15.0 Å². The number of anilines is 1. The van der Waals surface area contributed by atoms with Crippen molar-refractivity contribution in [3.63, 3.8) is 0 Å². The van der Waals surface area contributed by atoms with Gasteiger partial charge in [0.1, 0.15) is 10.8 Å². The second kappa shape index (κ2) is 9.19. The summed E-state index contributed by atoms with van der Waals surface area (Å²) in [7, 11) is 0. The molecule has 35 heavy (non-hydrogen) atoms. The molecular weight excluding hydrogens is 456 g/mol. The third-order valence-electron chi connectivity index (χ3n) is 6.13. The van der Waals surface area contributed by atoms with Crippen LogP contribution in [0.3, 0.4) is 0 Å². The van der Waals surface area contributed by atoms with Gasteiger partial charge in [-0.25, -0.2) is 4.98 Å². The molecule has 0 spiro atoms. The van der Waals surface area contributed by atoms with Crippen molar-refractivity contribution in [2.24, 2.45) is 0 Å². The molecular formula is C28H22N4O2S. The second-order valence-corrected chi connectivity index (χ2v) is 9.20. The molecule has 0 bridgehead atoms. The third kappa shape index (κ3) is 4.34. The molecule has 0 radical (unpaired) electrons. The summed E-state index contributed by atoms with van der Waals surface area (Å²) in [5, 5.41) is 8.27. The number of hydrogen-bond donors (Lipinski definition) is 1. The number of rotatable bonds is 5. The third-order valence-corrected chi connectivity index (χ3v) is 7.07. The molecule has 0 atom stereocenters. The highest BCUT2D eigenvalue weighted by Gasteiger charge is 2.20. The first-order chi connectivity index (χ1) is 17.2. The quantitative estimate of drug-likeness (QED) is 0.354. The van der Waals surface area contributed by atoms with Gasteiger partial charge in [-0.1, -0.05) is 30.3 Å². The summed E-state index contributed by atoms with van der Waals surface area (Å²) in [6, 6.07) is 24.0. The zero-order chi connectivity index (χ0) is 23.6. The highest BCUT2D eigenvalue weighted by Crippen LogP contribution is 2.34. The molecule has 3 aromatic carbocycles. The maximum absolute atomic E-state index is 12.7. The van der Waals surface area contributed by atoms with Crippen molar-refractivity contribution in [2.75, 3.05) is 11.6 Å². The maximum Gasteiger partial charge on any atom is 0.251 e. The number of thiazole rings is 1. The molecule has 0 saturated heterocycles. The second-order valence-electron chi connectivity index (χ2n) is 8.34. The van der Waals surface area contributed by atoms with Gasteiger partial charge in [-0.15, -0.1) is 11.3 Å². The number of carbonyl (C=O) groups is 1. The van der Waals surface area contributed by atoms with Crippen LogP contribution >= 0.6 is 11.3 Å². The smallest absolute Gasteiger partial charge is 0.251 e. The molecule has 1 aliphatic rings. The van der Waals surface area contributed by atoms with Gasteiger partial charge in [0.05, 0.1) is 18.8 Å². The summed E-state index contributed by atoms with van der Waals surface area (Å²) in [6.45, 7) is 1.61. The molecule has 0 aliphatic carbocycles. The molecule has 1 amide bonds. The fourth-order valence-corrected chi connectivity index (χ4v) is 5.10. The number of carbonyl (C=O) groups excluding carboxylic acids is 1. The van der Waals surface area contributed by atoms with Gasteiger partial charge >= 0.3 is 0 Å². The average Bonchev–Trinajstić information content (AvgIpc) is 3.41. The molecule has 2 aromatic heterocycles. The Kier molecular flexibility index (Phi) is 5.60. The topological polar surface area (TPSA) is 67.4 Å². The number of hydrogen-bond acceptors (Lipinski definition) is 6. The Hall–Kier alpha value is -4.23. The Labute approximate surface area is 206 Å². The Balaban J connectivity index is 1.11. The summed E-state index contributed by atoms with van der Waals surface area (Å²) in [4.78, 5) is 23.5. The van der Waals surface area contributed by atoms with Crippen LogP contribution in [0.1, 0.15) is 21.6 Å². The van der Waals surface area contributed by atoms with Crippen LogP contribution in [0.15, 0.2) is 90.6 Å². The Morgan fingerprint density at radius 1 is 1.00 bits per heavy atom. The van der Waals surface area contributed by atoms with E-state index in [9.17, 15) is 4.79 Å². The van der Waals surface area contributed by atoms with Crippen molar-refractivity contribution in [3.05, 3.63) is 107 Å². The minimum Gasteiger partial charge on any atom is -0.473 e. The molecule has 0 unspecified atom stereocenters. The van der Waals surface area contributed by atoms with Crippen molar-refractivity contribution >= 4 is 33.7 Å². The van der Waals surface area contributed by atoms with Gasteiger partial charge in [0.15, 0.2) is 6.73 Å². The lowest BCUT2D eigenvalue weighted by molar-refractivity contribution is 0.0950. The molecule has 1 aliphatic heterocycles. The number of ether oxygens (including phenoxy) is 1. The van der Waals surface area contributed by atoms with Crippen LogP contribution in [0, 0.1) is 0 Å². The van der Waals surface area contributed by atoms with E-state index in [4.69, 9.17) is 4.74 Å². The summed E-state index contributed by atoms with van der Waals surface area (Å²) >= 11 is 1.56. The molecule has 6 nitrogen and oxygen atoms in total. The van der Waals surface area contributed by atoms with Gasteiger partial charge in [0.2, 0.25) is 0 Å². The van der Waals surface area contributed by atoms with Gasteiger partial charge in [-0.2, -0.15) is 0 Å². The fourth-order valence-electron chi connectivity index (χ4n) is 4.28. The minimum absolute atomic E-state index is 0.124. The van der Waals surface area contributed by atoms with Crippen LogP contribution in [0.5, 0.6) is 5.75 Å². The normalized spacial score (nSPS) is 12.7. The zero-order valence-corrected chi connectivity index (χ0v) is 19.7. The largest absolute Gasteiger partial charge is 0.473 e. The number of nitrogens with one attached hydrogen (secondary N) is 1. The van der Waals surface area contributed by atoms with E-state index in [1.54, 1.807) is 23.7 Å². The van der Waals surface area contributed by atoms with Crippen molar-refractivity contribution in [1.29, 1.82) is 0 Å². The summed E-state index contributed by atoms with van der Waals surface area (Å²) in [6.07, 6.45) is 3.50. The number of pyridine rings is 1. The maximum atomic E-state index is 12.7. The molecule has 6 rings (SSSR count). The van der Waals surface area contributed by atoms with E-state index in [2.05, 4.69) is 44.5 Å². The SMILES string of the molecule is O=C(NCc1csc(-c2ccncc2)n1)c1ccc(N2COc3ccc4ccccc4c3C2)cc1. The lowest BCUT2D eigenvalue weighted by Crippen LogP contribution is -2.32. The predicted molar refractivity (Wildman–Crippen MR) is 139 cm³/mol. The Morgan fingerprint density at radius 3 is 2.69 bits per heavy atom. The highest BCUT2D eigenvalue weighted by atomic mass is 32.1. The lowest BCUT2D eigenvalue weighted by Gasteiger charge is -2.31. The van der Waals surface area contributed by atoms with Gasteiger partial charge < -0.3 is 15.0 Å². The van der Waals surface area contributed by atoms with Crippen molar-refractivity contribution < 1.29 is 9.53 Å². The minimum atomic E-state index is -0.124. The number of aromatic nitrogens is 2. The Morgan fingerprint density at radius 2 is 1.83 bits per heavy atom. The van der Waals surface area contributed by atoms with Crippen LogP contribution in [0.2, 0.25) is 0 Å². The van der Waals surface area contributed by atoms with E-state index in [-0.39, 0.29) is 5.91 Å². The van der Waals surface area contributed by atoms with Gasteiger partial charge in [0, 0.05) is 40.2 Å². The average molecular weight is 479 g/mol. The van der Waals surface area contributed by atoms with Crippen molar-refractivity contribution in [3.8, 4) is 16.3 Å². The molecule has 5 aromatic rings. The van der Waals surface area contributed by atoms with Crippen LogP contribution in [-0.2, 0) is 13.1 Å². The summed E-state index contributed by atoms with van der Waals surface area (Å²) in [5.74, 6) is 0.811. The molecule has 0 fully saturated rings. The molecule has 7 heteroatoms. The monoisotopic (exact) mass is 478 g/mol. The van der Waals surface area contributed by atoms with E-state index in [1.807, 2.05) is 53.9 Å². The predicted octanol–water partition coefficient (Wildman–Crippen LogP) is 5.64. The molecule has 1 N–H and O–H groups in total. The van der Waals surface area contributed by atoms with Crippen LogP contribution in [-0.4, -0.2) is 22.6 Å². The van der Waals surface area contributed by atoms with Crippen LogP contribution in [0.25, 0.3) is 21.3 Å². The fraction of sp³-hybridized carbons (Fsp3) is 0.107. The first kappa shape index (κ1) is 21.3. The van der Waals surface area contributed by atoms with Crippen molar-refractivity contribution in [1.82, 2.24) is 15.3 Å². The van der Waals surface area contributed by atoms with Gasteiger partial charge in [0.25, 0.3) is 5.91 Å². The van der Waals surface area contributed by atoms with E-state index in [0.717, 1.165) is 34.2 Å². The summed E-state index contributed by atoms with van der Waals surface area (Å²) in [5.41, 5.74) is 4.67. The van der Waals surface area contributed by atoms with Crippen LogP contribution in [0.4, 0.5) is 5.69 Å². The number of nitrogens with zero attached hydrogens (tertiary/aromatic N) is 3. The van der Waals surface area contributed by atoms with E-state index < -0.39 is 0 Å². The number of fused-ring (bicyclic) bond motifs is 3.